The molecular weight excluding hydrogens is 318 g/mol. The van der Waals surface area contributed by atoms with Crippen LogP contribution in [0.4, 0.5) is 5.69 Å². The molecule has 0 aliphatic heterocycles. The first-order chi connectivity index (χ1) is 11.3. The van der Waals surface area contributed by atoms with Crippen LogP contribution in [0.15, 0.2) is 24.3 Å². The van der Waals surface area contributed by atoms with Crippen molar-refractivity contribution in [1.29, 1.82) is 0 Å². The molecule has 0 unspecified atom stereocenters. The number of carbonyl (C=O) groups is 3. The molecule has 130 valence electrons. The van der Waals surface area contributed by atoms with E-state index in [-0.39, 0.29) is 24.3 Å². The summed E-state index contributed by atoms with van der Waals surface area (Å²) in [6.45, 7) is 3.40. The number of primary amides is 1. The van der Waals surface area contributed by atoms with E-state index in [4.69, 9.17) is 10.5 Å². The molecule has 9 heteroatoms. The van der Waals surface area contributed by atoms with Gasteiger partial charge in [0.05, 0.1) is 17.4 Å². The summed E-state index contributed by atoms with van der Waals surface area (Å²) < 4.78 is 4.84. The third-order valence-electron chi connectivity index (χ3n) is 3.25. The van der Waals surface area contributed by atoms with Gasteiger partial charge in [0.25, 0.3) is 11.6 Å². The zero-order valence-corrected chi connectivity index (χ0v) is 13.4. The van der Waals surface area contributed by atoms with Crippen molar-refractivity contribution in [3.63, 3.8) is 0 Å². The van der Waals surface area contributed by atoms with E-state index in [1.165, 1.54) is 18.2 Å². The number of hydrogen-bond donors (Lipinski definition) is 2. The number of amides is 2. The van der Waals surface area contributed by atoms with Crippen molar-refractivity contribution in [2.45, 2.75) is 26.3 Å². The smallest absolute Gasteiger partial charge is 0.308 e. The third-order valence-corrected chi connectivity index (χ3v) is 3.25. The number of carbonyl (C=O) groups excluding carboxylic acids is 3. The van der Waals surface area contributed by atoms with Gasteiger partial charge in [0.1, 0.15) is 6.04 Å². The Hall–Kier alpha value is -2.97. The van der Waals surface area contributed by atoms with Gasteiger partial charge in [-0.3, -0.25) is 24.5 Å². The topological polar surface area (TPSA) is 142 Å². The Balaban J connectivity index is 2.83. The van der Waals surface area contributed by atoms with E-state index >= 15 is 0 Å². The molecule has 1 rings (SSSR count). The molecule has 0 fully saturated rings. The number of esters is 1. The third kappa shape index (κ3) is 5.34. The summed E-state index contributed by atoms with van der Waals surface area (Å²) in [5, 5.41) is 13.1. The van der Waals surface area contributed by atoms with Crippen LogP contribution in [0.25, 0.3) is 0 Å². The molecule has 3 N–H and O–H groups in total. The molecule has 0 bridgehead atoms. The molecule has 0 aliphatic rings. The molecule has 1 aromatic rings. The van der Waals surface area contributed by atoms with Crippen molar-refractivity contribution in [2.75, 3.05) is 6.61 Å². The molecule has 0 aromatic heterocycles. The maximum absolute atomic E-state index is 12.2. The molecule has 0 saturated heterocycles. The largest absolute Gasteiger partial charge is 0.466 e. The Morgan fingerprint density at radius 1 is 1.38 bits per heavy atom. The first kappa shape index (κ1) is 19.1. The minimum atomic E-state index is -1.10. The zero-order chi connectivity index (χ0) is 18.3. The van der Waals surface area contributed by atoms with E-state index in [0.29, 0.717) is 0 Å². The molecule has 0 spiro atoms. The summed E-state index contributed by atoms with van der Waals surface area (Å²) in [7, 11) is 0. The fourth-order valence-electron chi connectivity index (χ4n) is 1.98. The quantitative estimate of drug-likeness (QED) is 0.407. The Bertz CT molecular complexity index is 646. The summed E-state index contributed by atoms with van der Waals surface area (Å²) in [5.41, 5.74) is 5.01. The lowest BCUT2D eigenvalue weighted by Crippen LogP contribution is -2.46. The number of nitro groups is 1. The molecular formula is C15H19N3O6. The Morgan fingerprint density at radius 2 is 2.04 bits per heavy atom. The maximum atomic E-state index is 12.2. The van der Waals surface area contributed by atoms with Crippen LogP contribution >= 0.6 is 0 Å². The highest BCUT2D eigenvalue weighted by Gasteiger charge is 2.26. The average Bonchev–Trinajstić information content (AvgIpc) is 2.54. The SMILES string of the molecule is CCOC(=O)[C@H](C)C[C@@H](NC(=O)c1cccc([N+](=O)[O-])c1)C(N)=O. The monoisotopic (exact) mass is 337 g/mol. The second-order valence-electron chi connectivity index (χ2n) is 5.12. The number of ether oxygens (including phenoxy) is 1. The van der Waals surface area contributed by atoms with Crippen LogP contribution in [0.5, 0.6) is 0 Å². The van der Waals surface area contributed by atoms with Crippen molar-refractivity contribution < 1.29 is 24.0 Å². The highest BCUT2D eigenvalue weighted by molar-refractivity contribution is 5.97. The zero-order valence-electron chi connectivity index (χ0n) is 13.4. The molecule has 0 saturated carbocycles. The number of rotatable bonds is 8. The van der Waals surface area contributed by atoms with Crippen molar-refractivity contribution in [3.8, 4) is 0 Å². The van der Waals surface area contributed by atoms with E-state index in [2.05, 4.69) is 5.32 Å². The molecule has 0 radical (unpaired) electrons. The van der Waals surface area contributed by atoms with Crippen molar-refractivity contribution in [2.24, 2.45) is 11.7 Å². The standard InChI is InChI=1S/C15H19N3O6/c1-3-24-15(21)9(2)7-12(13(16)19)17-14(20)10-5-4-6-11(8-10)18(22)23/h4-6,8-9,12H,3,7H2,1-2H3,(H2,16,19)(H,17,20)/t9-,12-/m1/s1. The highest BCUT2D eigenvalue weighted by atomic mass is 16.6. The Kier molecular flexibility index (Phi) is 6.84. The minimum absolute atomic E-state index is 0.0132. The fraction of sp³-hybridized carbons (Fsp3) is 0.400. The number of nitro benzene ring substituents is 1. The molecule has 0 aliphatic carbocycles. The van der Waals surface area contributed by atoms with Gasteiger partial charge in [0.15, 0.2) is 0 Å². The van der Waals surface area contributed by atoms with E-state index in [1.54, 1.807) is 13.8 Å². The Morgan fingerprint density at radius 3 is 2.58 bits per heavy atom. The normalized spacial score (nSPS) is 12.8. The van der Waals surface area contributed by atoms with Crippen LogP contribution in [0.1, 0.15) is 30.6 Å². The molecule has 24 heavy (non-hydrogen) atoms. The van der Waals surface area contributed by atoms with Gasteiger partial charge >= 0.3 is 5.97 Å². The van der Waals surface area contributed by atoms with Gasteiger partial charge in [-0.25, -0.2) is 0 Å². The van der Waals surface area contributed by atoms with Crippen LogP contribution in [0.3, 0.4) is 0 Å². The van der Waals surface area contributed by atoms with E-state index in [9.17, 15) is 24.5 Å². The molecule has 1 aromatic carbocycles. The van der Waals surface area contributed by atoms with Crippen molar-refractivity contribution >= 4 is 23.5 Å². The van der Waals surface area contributed by atoms with E-state index in [1.807, 2.05) is 0 Å². The van der Waals surface area contributed by atoms with Crippen LogP contribution in [0.2, 0.25) is 0 Å². The van der Waals surface area contributed by atoms with Crippen molar-refractivity contribution in [1.82, 2.24) is 5.32 Å². The van der Waals surface area contributed by atoms with Crippen molar-refractivity contribution in [3.05, 3.63) is 39.9 Å². The van der Waals surface area contributed by atoms with Gasteiger partial charge in [-0.15, -0.1) is 0 Å². The second-order valence-corrected chi connectivity index (χ2v) is 5.12. The lowest BCUT2D eigenvalue weighted by atomic mass is 10.0. The van der Waals surface area contributed by atoms with Gasteiger partial charge in [-0.2, -0.15) is 0 Å². The number of nitrogens with one attached hydrogen (secondary N) is 1. The van der Waals surface area contributed by atoms with Gasteiger partial charge < -0.3 is 15.8 Å². The minimum Gasteiger partial charge on any atom is -0.466 e. The van der Waals surface area contributed by atoms with Crippen LogP contribution in [-0.2, 0) is 14.3 Å². The highest BCUT2D eigenvalue weighted by Crippen LogP contribution is 2.14. The van der Waals surface area contributed by atoms with Gasteiger partial charge in [0, 0.05) is 17.7 Å². The summed E-state index contributed by atoms with van der Waals surface area (Å²) in [6, 6.07) is 3.95. The molecule has 0 heterocycles. The number of nitrogens with zero attached hydrogens (tertiary/aromatic N) is 1. The summed E-state index contributed by atoms with van der Waals surface area (Å²) >= 11 is 0. The fourth-order valence-corrected chi connectivity index (χ4v) is 1.98. The number of benzene rings is 1. The summed E-state index contributed by atoms with van der Waals surface area (Å²) in [4.78, 5) is 45.4. The molecule has 2 atom stereocenters. The van der Waals surface area contributed by atoms with Gasteiger partial charge in [0.2, 0.25) is 5.91 Å². The molecule has 9 nitrogen and oxygen atoms in total. The Labute approximate surface area is 138 Å². The van der Waals surface area contributed by atoms with Crippen LogP contribution in [0, 0.1) is 16.0 Å². The predicted octanol–water partition coefficient (Wildman–Crippen LogP) is 0.768. The maximum Gasteiger partial charge on any atom is 0.308 e. The number of nitrogens with two attached hydrogens (primary N) is 1. The summed E-state index contributed by atoms with van der Waals surface area (Å²) in [6.07, 6.45) is -0.0329. The van der Waals surface area contributed by atoms with Gasteiger partial charge in [-0.1, -0.05) is 13.0 Å². The number of hydrogen-bond acceptors (Lipinski definition) is 6. The average molecular weight is 337 g/mol. The first-order valence-corrected chi connectivity index (χ1v) is 7.27. The molecule has 2 amide bonds. The first-order valence-electron chi connectivity index (χ1n) is 7.27. The lowest BCUT2D eigenvalue weighted by Gasteiger charge is -2.18. The van der Waals surface area contributed by atoms with Crippen LogP contribution in [-0.4, -0.2) is 35.4 Å². The second kappa shape index (κ2) is 8.61. The summed E-state index contributed by atoms with van der Waals surface area (Å²) in [5.74, 6) is -2.66. The van der Waals surface area contributed by atoms with E-state index in [0.717, 1.165) is 6.07 Å². The lowest BCUT2D eigenvalue weighted by molar-refractivity contribution is -0.384. The number of non-ortho nitro benzene ring substituents is 1. The predicted molar refractivity (Wildman–Crippen MR) is 84.0 cm³/mol. The van der Waals surface area contributed by atoms with Gasteiger partial charge in [-0.05, 0) is 19.4 Å². The van der Waals surface area contributed by atoms with Crippen LogP contribution < -0.4 is 11.1 Å². The van der Waals surface area contributed by atoms with E-state index < -0.39 is 34.7 Å².